The first-order valence-electron chi connectivity index (χ1n) is 13.6. The van der Waals surface area contributed by atoms with Gasteiger partial charge in [0.05, 0.1) is 12.1 Å². The Kier molecular flexibility index (Phi) is 11.0. The number of nitrogens with one attached hydrogen (secondary N) is 4. The number of carboxylic acid groups (broad SMARTS) is 1. The molecule has 2 aromatic carbocycles. The van der Waals surface area contributed by atoms with E-state index in [1.807, 2.05) is 68.4 Å². The minimum atomic E-state index is -1.58. The summed E-state index contributed by atoms with van der Waals surface area (Å²) >= 11 is 0. The van der Waals surface area contributed by atoms with Crippen molar-refractivity contribution in [3.63, 3.8) is 0 Å². The number of nitrogens with two attached hydrogens (primary N) is 1. The lowest BCUT2D eigenvalue weighted by atomic mass is 9.99. The van der Waals surface area contributed by atoms with Crippen molar-refractivity contribution in [3.8, 4) is 0 Å². The van der Waals surface area contributed by atoms with Crippen LogP contribution in [0.2, 0.25) is 0 Å². The van der Waals surface area contributed by atoms with Gasteiger partial charge in [-0.25, -0.2) is 4.79 Å². The Bertz CT molecular complexity index is 1340. The predicted molar refractivity (Wildman–Crippen MR) is 155 cm³/mol. The summed E-state index contributed by atoms with van der Waals surface area (Å²) in [7, 11) is 0. The molecule has 1 heterocycles. The topological polar surface area (TPSA) is 187 Å². The molecule has 0 aliphatic heterocycles. The molecule has 3 aromatic rings. The fraction of sp³-hybridized carbons (Fsp3) is 0.400. The molecule has 0 bridgehead atoms. The highest BCUT2D eigenvalue weighted by molar-refractivity contribution is 5.95. The maximum absolute atomic E-state index is 13.5. The quantitative estimate of drug-likeness (QED) is 0.153. The highest BCUT2D eigenvalue weighted by atomic mass is 16.4. The molecule has 8 N–H and O–H groups in total. The monoisotopic (exact) mass is 565 g/mol. The fourth-order valence-electron chi connectivity index (χ4n) is 4.59. The van der Waals surface area contributed by atoms with E-state index in [0.29, 0.717) is 0 Å². The van der Waals surface area contributed by atoms with Gasteiger partial charge in [0.1, 0.15) is 12.1 Å². The molecule has 41 heavy (non-hydrogen) atoms. The van der Waals surface area contributed by atoms with Crippen molar-refractivity contribution in [2.24, 2.45) is 11.7 Å². The van der Waals surface area contributed by atoms with Crippen molar-refractivity contribution in [2.75, 3.05) is 0 Å². The van der Waals surface area contributed by atoms with Crippen LogP contribution in [0.25, 0.3) is 10.9 Å². The number of benzene rings is 2. The lowest BCUT2D eigenvalue weighted by Crippen LogP contribution is -2.59. The van der Waals surface area contributed by atoms with E-state index in [0.717, 1.165) is 22.0 Å². The van der Waals surface area contributed by atoms with Crippen molar-refractivity contribution in [1.82, 2.24) is 20.9 Å². The van der Waals surface area contributed by atoms with Gasteiger partial charge in [-0.1, -0.05) is 62.4 Å². The second kappa shape index (κ2) is 14.4. The molecule has 0 aliphatic carbocycles. The third-order valence-corrected chi connectivity index (χ3v) is 6.75. The molecular weight excluding hydrogens is 526 g/mol. The van der Waals surface area contributed by atoms with Gasteiger partial charge in [0.15, 0.2) is 6.04 Å². The highest BCUT2D eigenvalue weighted by Gasteiger charge is 2.32. The van der Waals surface area contributed by atoms with E-state index in [2.05, 4.69) is 20.9 Å². The van der Waals surface area contributed by atoms with Gasteiger partial charge >= 0.3 is 5.97 Å². The molecule has 0 saturated carbocycles. The highest BCUT2D eigenvalue weighted by Crippen LogP contribution is 2.19. The first-order chi connectivity index (χ1) is 19.5. The van der Waals surface area contributed by atoms with E-state index in [1.165, 1.54) is 6.92 Å². The molecule has 0 spiro atoms. The number of amides is 3. The molecule has 3 rings (SSSR count). The van der Waals surface area contributed by atoms with Gasteiger partial charge in [0.25, 0.3) is 0 Å². The van der Waals surface area contributed by atoms with Gasteiger partial charge in [0, 0.05) is 23.5 Å². The third-order valence-electron chi connectivity index (χ3n) is 6.75. The Morgan fingerprint density at radius 1 is 0.829 bits per heavy atom. The zero-order valence-corrected chi connectivity index (χ0v) is 23.5. The van der Waals surface area contributed by atoms with Gasteiger partial charge < -0.3 is 36.9 Å². The number of aliphatic hydroxyl groups excluding tert-OH is 1. The van der Waals surface area contributed by atoms with Crippen molar-refractivity contribution in [3.05, 3.63) is 71.9 Å². The van der Waals surface area contributed by atoms with E-state index in [4.69, 9.17) is 5.73 Å². The molecule has 0 aliphatic rings. The summed E-state index contributed by atoms with van der Waals surface area (Å²) in [6, 6.07) is 12.0. The van der Waals surface area contributed by atoms with Crippen LogP contribution in [0.4, 0.5) is 0 Å². The number of para-hydroxylation sites is 1. The zero-order valence-electron chi connectivity index (χ0n) is 23.5. The average Bonchev–Trinajstić information content (AvgIpc) is 3.33. The zero-order chi connectivity index (χ0) is 30.1. The van der Waals surface area contributed by atoms with Gasteiger partial charge in [-0.2, -0.15) is 0 Å². The average molecular weight is 566 g/mol. The van der Waals surface area contributed by atoms with Crippen LogP contribution in [0.15, 0.2) is 60.8 Å². The number of H-pyrrole nitrogens is 1. The number of aliphatic carboxylic acids is 1. The summed E-state index contributed by atoms with van der Waals surface area (Å²) in [5.41, 5.74) is 8.57. The minimum absolute atomic E-state index is 0.0175. The van der Waals surface area contributed by atoms with Crippen LogP contribution in [0, 0.1) is 5.92 Å². The van der Waals surface area contributed by atoms with Crippen molar-refractivity contribution in [2.45, 2.75) is 70.3 Å². The number of fused-ring (bicyclic) bond motifs is 1. The molecular formula is C30H39N5O6. The number of aromatic nitrogens is 1. The summed E-state index contributed by atoms with van der Waals surface area (Å²) in [4.78, 5) is 54.6. The van der Waals surface area contributed by atoms with Crippen LogP contribution in [0.1, 0.15) is 38.3 Å². The summed E-state index contributed by atoms with van der Waals surface area (Å²) < 4.78 is 0. The first kappa shape index (κ1) is 31.3. The Morgan fingerprint density at radius 2 is 1.44 bits per heavy atom. The number of hydrogen-bond acceptors (Lipinski definition) is 6. The minimum Gasteiger partial charge on any atom is -0.480 e. The van der Waals surface area contributed by atoms with E-state index >= 15 is 0 Å². The van der Waals surface area contributed by atoms with Crippen LogP contribution < -0.4 is 21.7 Å². The summed E-state index contributed by atoms with van der Waals surface area (Å²) in [6.45, 7) is 5.04. The number of aliphatic hydroxyl groups is 1. The van der Waals surface area contributed by atoms with Crippen LogP contribution >= 0.6 is 0 Å². The third kappa shape index (κ3) is 8.89. The van der Waals surface area contributed by atoms with Crippen molar-refractivity contribution >= 4 is 34.6 Å². The number of carboxylic acids is 1. The smallest absolute Gasteiger partial charge is 0.328 e. The van der Waals surface area contributed by atoms with E-state index < -0.39 is 54.0 Å². The molecule has 1 aromatic heterocycles. The molecule has 11 heteroatoms. The Labute approximate surface area is 238 Å². The first-order valence-corrected chi connectivity index (χ1v) is 13.6. The maximum Gasteiger partial charge on any atom is 0.328 e. The maximum atomic E-state index is 13.5. The molecule has 0 radical (unpaired) electrons. The van der Waals surface area contributed by atoms with Gasteiger partial charge in [-0.15, -0.1) is 0 Å². The number of hydrogen-bond donors (Lipinski definition) is 7. The number of rotatable bonds is 14. The molecule has 3 amide bonds. The summed E-state index contributed by atoms with van der Waals surface area (Å²) in [5.74, 6) is -3.30. The summed E-state index contributed by atoms with van der Waals surface area (Å²) in [6.07, 6.45) is 0.937. The second-order valence-electron chi connectivity index (χ2n) is 10.7. The summed E-state index contributed by atoms with van der Waals surface area (Å²) in [5, 5.41) is 28.0. The number of aromatic amines is 1. The number of carbonyl (C=O) groups is 4. The fourth-order valence-corrected chi connectivity index (χ4v) is 4.59. The Morgan fingerprint density at radius 3 is 2.07 bits per heavy atom. The predicted octanol–water partition coefficient (Wildman–Crippen LogP) is 1.25. The molecule has 11 nitrogen and oxygen atoms in total. The Hall–Kier alpha value is -4.22. The normalized spacial score (nSPS) is 15.0. The van der Waals surface area contributed by atoms with Crippen LogP contribution in [0.3, 0.4) is 0 Å². The molecule has 5 atom stereocenters. The molecule has 5 unspecified atom stereocenters. The van der Waals surface area contributed by atoms with E-state index in [1.54, 1.807) is 6.20 Å². The van der Waals surface area contributed by atoms with Gasteiger partial charge in [-0.05, 0) is 42.9 Å². The lowest BCUT2D eigenvalue weighted by molar-refractivity contribution is -0.145. The van der Waals surface area contributed by atoms with Gasteiger partial charge in [-0.3, -0.25) is 14.4 Å². The molecule has 0 saturated heterocycles. The second-order valence-corrected chi connectivity index (χ2v) is 10.7. The van der Waals surface area contributed by atoms with E-state index in [-0.39, 0.29) is 25.2 Å². The van der Waals surface area contributed by atoms with Crippen LogP contribution in [-0.4, -0.2) is 69.2 Å². The molecule has 220 valence electrons. The van der Waals surface area contributed by atoms with Crippen LogP contribution in [-0.2, 0) is 32.0 Å². The largest absolute Gasteiger partial charge is 0.480 e. The Balaban J connectivity index is 1.82. The van der Waals surface area contributed by atoms with Crippen LogP contribution in [0.5, 0.6) is 0 Å². The van der Waals surface area contributed by atoms with E-state index in [9.17, 15) is 29.4 Å². The number of carbonyl (C=O) groups excluding carboxylic acids is 3. The standard InChI is InChI=1S/C30H39N5O6/c1-17(2)13-24(33-27(37)22(31)14-19-9-5-4-6-10-19)28(38)34-25(29(39)35-26(18(3)36)30(40)41)15-20-16-32-23-12-8-7-11-21(20)23/h4-12,16-18,22,24-26,32,36H,13-15,31H2,1-3H3,(H,33,37)(H,34,38)(H,35,39)(H,40,41). The lowest BCUT2D eigenvalue weighted by Gasteiger charge is -2.26. The van der Waals surface area contributed by atoms with Crippen molar-refractivity contribution in [1.29, 1.82) is 0 Å². The SMILES string of the molecule is CC(C)CC(NC(=O)C(N)Cc1ccccc1)C(=O)NC(Cc1c[nH]c2ccccc12)C(=O)NC(C(=O)O)C(C)O. The van der Waals surface area contributed by atoms with Gasteiger partial charge in [0.2, 0.25) is 17.7 Å². The molecule has 0 fully saturated rings. The van der Waals surface area contributed by atoms with Crippen molar-refractivity contribution < 1.29 is 29.4 Å².